The Bertz CT molecular complexity index is 968. The van der Waals surface area contributed by atoms with E-state index < -0.39 is 0 Å². The van der Waals surface area contributed by atoms with Gasteiger partial charge in [-0.05, 0) is 51.6 Å². The van der Waals surface area contributed by atoms with Crippen LogP contribution in [0.5, 0.6) is 0 Å². The summed E-state index contributed by atoms with van der Waals surface area (Å²) in [7, 11) is 0. The van der Waals surface area contributed by atoms with E-state index in [1.54, 1.807) is 0 Å². The van der Waals surface area contributed by atoms with Crippen LogP contribution in [0.25, 0.3) is 33.4 Å². The van der Waals surface area contributed by atoms with Crippen molar-refractivity contribution in [2.24, 2.45) is 0 Å². The normalized spacial score (nSPS) is 10.6. The van der Waals surface area contributed by atoms with Crippen LogP contribution >= 0.6 is 15.9 Å². The van der Waals surface area contributed by atoms with E-state index in [2.05, 4.69) is 113 Å². The van der Waals surface area contributed by atoms with E-state index in [1.807, 2.05) is 6.07 Å². The Kier molecular flexibility index (Phi) is 4.49. The number of benzene rings is 4. The van der Waals surface area contributed by atoms with Gasteiger partial charge in [-0.15, -0.1) is 0 Å². The Balaban J connectivity index is 1.66. The molecule has 0 unspecified atom stereocenters. The molecule has 0 N–H and O–H groups in total. The Morgan fingerprint density at radius 1 is 0.360 bits per heavy atom. The molecular weight excluding hydrogens is 368 g/mol. The zero-order valence-electron chi connectivity index (χ0n) is 13.7. The van der Waals surface area contributed by atoms with E-state index in [-0.39, 0.29) is 0 Å². The zero-order valence-corrected chi connectivity index (χ0v) is 15.3. The molecule has 120 valence electrons. The van der Waals surface area contributed by atoms with Gasteiger partial charge in [0.15, 0.2) is 0 Å². The predicted octanol–water partition coefficient (Wildman–Crippen LogP) is 7.45. The summed E-state index contributed by atoms with van der Waals surface area (Å²) in [5.74, 6) is 0. The van der Waals surface area contributed by atoms with Crippen molar-refractivity contribution in [2.45, 2.75) is 0 Å². The Labute approximate surface area is 156 Å². The SMILES string of the molecule is Brc1ccc(-c2cccc(-c3ccc(-c4ccccc4)cc3)c2)cc1. The second-order valence-corrected chi connectivity index (χ2v) is 6.95. The highest BCUT2D eigenvalue weighted by atomic mass is 79.9. The van der Waals surface area contributed by atoms with Crippen molar-refractivity contribution in [2.75, 3.05) is 0 Å². The first kappa shape index (κ1) is 15.9. The molecule has 0 aliphatic carbocycles. The van der Waals surface area contributed by atoms with Gasteiger partial charge < -0.3 is 0 Å². The predicted molar refractivity (Wildman–Crippen MR) is 110 cm³/mol. The molecule has 0 fully saturated rings. The quantitative estimate of drug-likeness (QED) is 0.344. The third-order valence-electron chi connectivity index (χ3n) is 4.37. The minimum Gasteiger partial charge on any atom is -0.0622 e. The molecule has 0 nitrogen and oxygen atoms in total. The Morgan fingerprint density at radius 3 is 1.32 bits per heavy atom. The summed E-state index contributed by atoms with van der Waals surface area (Å²) >= 11 is 3.50. The summed E-state index contributed by atoms with van der Waals surface area (Å²) in [5, 5.41) is 0. The lowest BCUT2D eigenvalue weighted by Gasteiger charge is -2.08. The van der Waals surface area contributed by atoms with E-state index in [0.717, 1.165) is 4.47 Å². The van der Waals surface area contributed by atoms with Gasteiger partial charge in [-0.2, -0.15) is 0 Å². The van der Waals surface area contributed by atoms with Gasteiger partial charge in [0.05, 0.1) is 0 Å². The van der Waals surface area contributed by atoms with Crippen molar-refractivity contribution in [3.05, 3.63) is 108 Å². The van der Waals surface area contributed by atoms with Crippen LogP contribution in [0.3, 0.4) is 0 Å². The van der Waals surface area contributed by atoms with Crippen LogP contribution in [0.2, 0.25) is 0 Å². The van der Waals surface area contributed by atoms with Crippen LogP contribution in [0.15, 0.2) is 108 Å². The molecule has 25 heavy (non-hydrogen) atoms. The summed E-state index contributed by atoms with van der Waals surface area (Å²) in [4.78, 5) is 0. The molecule has 1 heteroatoms. The fraction of sp³-hybridized carbons (Fsp3) is 0. The van der Waals surface area contributed by atoms with Gasteiger partial charge in [-0.3, -0.25) is 0 Å². The molecule has 0 atom stereocenters. The summed E-state index contributed by atoms with van der Waals surface area (Å²) in [5.41, 5.74) is 7.42. The van der Waals surface area contributed by atoms with E-state index in [4.69, 9.17) is 0 Å². The number of rotatable bonds is 3. The van der Waals surface area contributed by atoms with Crippen LogP contribution in [-0.2, 0) is 0 Å². The first-order valence-electron chi connectivity index (χ1n) is 8.31. The summed E-state index contributed by atoms with van der Waals surface area (Å²) in [6.07, 6.45) is 0. The fourth-order valence-electron chi connectivity index (χ4n) is 3.01. The highest BCUT2D eigenvalue weighted by molar-refractivity contribution is 9.10. The number of hydrogen-bond acceptors (Lipinski definition) is 0. The maximum atomic E-state index is 3.50. The first-order chi connectivity index (χ1) is 12.3. The van der Waals surface area contributed by atoms with Gasteiger partial charge >= 0.3 is 0 Å². The lowest BCUT2D eigenvalue weighted by molar-refractivity contribution is 1.57. The van der Waals surface area contributed by atoms with Gasteiger partial charge in [-0.1, -0.05) is 101 Å². The summed E-state index contributed by atoms with van der Waals surface area (Å²) in [6, 6.07) is 36.4. The van der Waals surface area contributed by atoms with Crippen molar-refractivity contribution in [3.8, 4) is 33.4 Å². The number of hydrogen-bond donors (Lipinski definition) is 0. The van der Waals surface area contributed by atoms with Gasteiger partial charge in [0, 0.05) is 4.47 Å². The second kappa shape index (κ2) is 7.08. The molecule has 0 radical (unpaired) electrons. The van der Waals surface area contributed by atoms with E-state index in [9.17, 15) is 0 Å². The van der Waals surface area contributed by atoms with E-state index in [0.29, 0.717) is 0 Å². The minimum absolute atomic E-state index is 1.10. The summed E-state index contributed by atoms with van der Waals surface area (Å²) < 4.78 is 1.10. The van der Waals surface area contributed by atoms with E-state index in [1.165, 1.54) is 33.4 Å². The standard InChI is InChI=1S/C24H17Br/c25-24-15-13-21(14-16-24)23-8-4-7-22(17-23)20-11-9-19(10-12-20)18-5-2-1-3-6-18/h1-17H. The van der Waals surface area contributed by atoms with Crippen molar-refractivity contribution in [1.82, 2.24) is 0 Å². The Morgan fingerprint density at radius 2 is 0.760 bits per heavy atom. The highest BCUT2D eigenvalue weighted by Gasteiger charge is 2.03. The molecule has 0 aliphatic heterocycles. The molecule has 0 amide bonds. The van der Waals surface area contributed by atoms with Crippen molar-refractivity contribution in [1.29, 1.82) is 0 Å². The zero-order chi connectivity index (χ0) is 17.1. The molecule has 4 rings (SSSR count). The van der Waals surface area contributed by atoms with Gasteiger partial charge in [0.25, 0.3) is 0 Å². The van der Waals surface area contributed by atoms with Crippen LogP contribution in [0.1, 0.15) is 0 Å². The van der Waals surface area contributed by atoms with Gasteiger partial charge in [0.1, 0.15) is 0 Å². The fourth-order valence-corrected chi connectivity index (χ4v) is 3.27. The lowest BCUT2D eigenvalue weighted by atomic mass is 9.97. The van der Waals surface area contributed by atoms with E-state index >= 15 is 0 Å². The van der Waals surface area contributed by atoms with Gasteiger partial charge in [-0.25, -0.2) is 0 Å². The lowest BCUT2D eigenvalue weighted by Crippen LogP contribution is -1.82. The van der Waals surface area contributed by atoms with Crippen LogP contribution in [-0.4, -0.2) is 0 Å². The van der Waals surface area contributed by atoms with Gasteiger partial charge in [0.2, 0.25) is 0 Å². The smallest absolute Gasteiger partial charge is 0.0175 e. The Hall–Kier alpha value is -2.64. The third kappa shape index (κ3) is 3.57. The largest absolute Gasteiger partial charge is 0.0622 e. The number of halogens is 1. The van der Waals surface area contributed by atoms with Crippen LogP contribution in [0, 0.1) is 0 Å². The molecule has 0 heterocycles. The average molecular weight is 385 g/mol. The molecule has 4 aromatic carbocycles. The molecule has 4 aromatic rings. The molecular formula is C24H17Br. The van der Waals surface area contributed by atoms with Crippen molar-refractivity contribution in [3.63, 3.8) is 0 Å². The molecule has 0 spiro atoms. The monoisotopic (exact) mass is 384 g/mol. The first-order valence-corrected chi connectivity index (χ1v) is 9.11. The third-order valence-corrected chi connectivity index (χ3v) is 4.89. The summed E-state index contributed by atoms with van der Waals surface area (Å²) in [6.45, 7) is 0. The molecule has 0 aliphatic rings. The second-order valence-electron chi connectivity index (χ2n) is 6.03. The maximum Gasteiger partial charge on any atom is 0.0175 e. The maximum absolute atomic E-state index is 3.50. The highest BCUT2D eigenvalue weighted by Crippen LogP contribution is 2.29. The van der Waals surface area contributed by atoms with Crippen LogP contribution < -0.4 is 0 Å². The van der Waals surface area contributed by atoms with Crippen molar-refractivity contribution >= 4 is 15.9 Å². The molecule has 0 bridgehead atoms. The molecule has 0 aromatic heterocycles. The molecule has 0 saturated carbocycles. The molecule has 0 saturated heterocycles. The average Bonchev–Trinajstić information content (AvgIpc) is 2.69. The van der Waals surface area contributed by atoms with Crippen molar-refractivity contribution < 1.29 is 0 Å². The topological polar surface area (TPSA) is 0 Å². The van der Waals surface area contributed by atoms with Crippen LogP contribution in [0.4, 0.5) is 0 Å². The minimum atomic E-state index is 1.10.